The highest BCUT2D eigenvalue weighted by Gasteiger charge is 2.22. The molecule has 7 heteroatoms. The molecule has 3 aromatic heterocycles. The van der Waals surface area contributed by atoms with Crippen LogP contribution in [-0.4, -0.2) is 20.8 Å². The lowest BCUT2D eigenvalue weighted by molar-refractivity contribution is 0.240. The number of pyridine rings is 1. The van der Waals surface area contributed by atoms with Gasteiger partial charge in [0.05, 0.1) is 36.2 Å². The number of urea groups is 1. The van der Waals surface area contributed by atoms with Crippen molar-refractivity contribution in [3.05, 3.63) is 58.5 Å². The Balaban J connectivity index is 1.44. The fourth-order valence-corrected chi connectivity index (χ4v) is 4.12. The van der Waals surface area contributed by atoms with Crippen LogP contribution in [0.5, 0.6) is 0 Å². The molecule has 0 aromatic carbocycles. The van der Waals surface area contributed by atoms with Crippen LogP contribution < -0.4 is 10.6 Å². The summed E-state index contributed by atoms with van der Waals surface area (Å²) in [7, 11) is 0. The number of nitrogens with zero attached hydrogens (tertiary/aromatic N) is 3. The first-order chi connectivity index (χ1) is 13.3. The number of rotatable bonds is 6. The molecule has 6 nitrogen and oxygen atoms in total. The van der Waals surface area contributed by atoms with E-state index in [1.54, 1.807) is 17.5 Å². The summed E-state index contributed by atoms with van der Waals surface area (Å²) in [6.07, 6.45) is 6.58. The van der Waals surface area contributed by atoms with E-state index in [-0.39, 0.29) is 6.03 Å². The summed E-state index contributed by atoms with van der Waals surface area (Å²) in [5.41, 5.74) is 2.80. The third-order valence-electron chi connectivity index (χ3n) is 4.82. The number of hydrogen-bond donors (Lipinski definition) is 2. The summed E-state index contributed by atoms with van der Waals surface area (Å²) < 4.78 is 2.11. The summed E-state index contributed by atoms with van der Waals surface area (Å²) in [4.78, 5) is 17.7. The van der Waals surface area contributed by atoms with Crippen LogP contribution in [0, 0.1) is 0 Å². The third-order valence-corrected chi connectivity index (χ3v) is 5.69. The molecule has 0 atom stereocenters. The van der Waals surface area contributed by atoms with Crippen molar-refractivity contribution in [1.29, 1.82) is 0 Å². The van der Waals surface area contributed by atoms with Crippen molar-refractivity contribution in [3.63, 3.8) is 0 Å². The molecule has 27 heavy (non-hydrogen) atoms. The molecule has 3 aromatic rings. The fraction of sp³-hybridized carbons (Fsp3) is 0.350. The second kappa shape index (κ2) is 8.35. The predicted molar refractivity (Wildman–Crippen MR) is 106 cm³/mol. The van der Waals surface area contributed by atoms with Crippen molar-refractivity contribution in [1.82, 2.24) is 25.4 Å². The van der Waals surface area contributed by atoms with Crippen molar-refractivity contribution in [2.75, 3.05) is 0 Å². The number of nitrogens with one attached hydrogen (secondary N) is 2. The molecular weight excluding hydrogens is 358 g/mol. The van der Waals surface area contributed by atoms with Gasteiger partial charge in [0.2, 0.25) is 0 Å². The summed E-state index contributed by atoms with van der Waals surface area (Å²) in [6.45, 7) is 0.940. The zero-order valence-corrected chi connectivity index (χ0v) is 15.9. The molecule has 0 spiro atoms. The predicted octanol–water partition coefficient (Wildman–Crippen LogP) is 4.12. The number of hydrogen-bond acceptors (Lipinski definition) is 4. The SMILES string of the molecule is O=C(NCc1cc(-c2ccccn2)n(C2CCCC2)n1)NCc1cccs1. The molecule has 1 saturated carbocycles. The average Bonchev–Trinajstić information content (AvgIpc) is 3.47. The smallest absolute Gasteiger partial charge is 0.315 e. The summed E-state index contributed by atoms with van der Waals surface area (Å²) in [5, 5.41) is 12.6. The van der Waals surface area contributed by atoms with Crippen molar-refractivity contribution in [3.8, 4) is 11.4 Å². The molecule has 2 amide bonds. The summed E-state index contributed by atoms with van der Waals surface area (Å²) in [5.74, 6) is 0. The second-order valence-electron chi connectivity index (χ2n) is 6.73. The summed E-state index contributed by atoms with van der Waals surface area (Å²) in [6, 6.07) is 12.2. The Hall–Kier alpha value is -2.67. The summed E-state index contributed by atoms with van der Waals surface area (Å²) >= 11 is 1.63. The van der Waals surface area contributed by atoms with Crippen LogP contribution in [0.1, 0.15) is 42.3 Å². The maximum absolute atomic E-state index is 12.1. The lowest BCUT2D eigenvalue weighted by atomic mass is 10.2. The van der Waals surface area contributed by atoms with Gasteiger partial charge in [-0.05, 0) is 42.5 Å². The van der Waals surface area contributed by atoms with Crippen LogP contribution in [0.2, 0.25) is 0 Å². The largest absolute Gasteiger partial charge is 0.333 e. The van der Waals surface area contributed by atoms with E-state index in [0.29, 0.717) is 19.1 Å². The zero-order chi connectivity index (χ0) is 18.5. The molecule has 0 bridgehead atoms. The van der Waals surface area contributed by atoms with Gasteiger partial charge in [0.15, 0.2) is 0 Å². The first-order valence-corrected chi connectivity index (χ1v) is 10.2. The van der Waals surface area contributed by atoms with E-state index in [1.807, 2.05) is 41.8 Å². The van der Waals surface area contributed by atoms with Crippen LogP contribution in [0.25, 0.3) is 11.4 Å². The van der Waals surface area contributed by atoms with E-state index >= 15 is 0 Å². The molecular formula is C20H23N5OS. The molecule has 2 N–H and O–H groups in total. The molecule has 1 aliphatic carbocycles. The molecule has 1 aliphatic rings. The second-order valence-corrected chi connectivity index (χ2v) is 7.77. The van der Waals surface area contributed by atoms with Gasteiger partial charge >= 0.3 is 6.03 Å². The molecule has 0 radical (unpaired) electrons. The van der Waals surface area contributed by atoms with E-state index in [2.05, 4.69) is 20.3 Å². The van der Waals surface area contributed by atoms with Crippen LogP contribution in [-0.2, 0) is 13.1 Å². The van der Waals surface area contributed by atoms with E-state index in [4.69, 9.17) is 5.10 Å². The Kier molecular flexibility index (Phi) is 5.48. The zero-order valence-electron chi connectivity index (χ0n) is 15.1. The number of aromatic nitrogens is 3. The Morgan fingerprint density at radius 1 is 1.15 bits per heavy atom. The molecule has 3 heterocycles. The lowest BCUT2D eigenvalue weighted by Gasteiger charge is -2.13. The quantitative estimate of drug-likeness (QED) is 0.675. The van der Waals surface area contributed by atoms with Crippen LogP contribution in [0.3, 0.4) is 0 Å². The Morgan fingerprint density at radius 2 is 2.00 bits per heavy atom. The fourth-order valence-electron chi connectivity index (χ4n) is 3.48. The van der Waals surface area contributed by atoms with Gasteiger partial charge in [-0.2, -0.15) is 5.10 Å². The van der Waals surface area contributed by atoms with E-state index in [0.717, 1.165) is 34.8 Å². The highest BCUT2D eigenvalue weighted by atomic mass is 32.1. The van der Waals surface area contributed by atoms with Gasteiger partial charge in [-0.3, -0.25) is 9.67 Å². The number of carbonyl (C=O) groups is 1. The molecule has 0 aliphatic heterocycles. The monoisotopic (exact) mass is 381 g/mol. The van der Waals surface area contributed by atoms with Crippen LogP contribution >= 0.6 is 11.3 Å². The average molecular weight is 382 g/mol. The molecule has 0 unspecified atom stereocenters. The van der Waals surface area contributed by atoms with Gasteiger partial charge in [-0.15, -0.1) is 11.3 Å². The molecule has 1 fully saturated rings. The van der Waals surface area contributed by atoms with Crippen molar-refractivity contribution in [2.24, 2.45) is 0 Å². The molecule has 140 valence electrons. The topological polar surface area (TPSA) is 71.8 Å². The standard InChI is InChI=1S/C20H23N5OS/c26-20(23-14-17-8-5-11-27-17)22-13-15-12-19(18-9-3-4-10-21-18)25(24-15)16-6-1-2-7-16/h3-5,8-12,16H,1-2,6-7,13-14H2,(H2,22,23,26). The van der Waals surface area contributed by atoms with Gasteiger partial charge in [-0.25, -0.2) is 4.79 Å². The van der Waals surface area contributed by atoms with Gasteiger partial charge in [-0.1, -0.05) is 25.0 Å². The van der Waals surface area contributed by atoms with Crippen molar-refractivity contribution < 1.29 is 4.79 Å². The Morgan fingerprint density at radius 3 is 2.74 bits per heavy atom. The van der Waals surface area contributed by atoms with Crippen molar-refractivity contribution >= 4 is 17.4 Å². The van der Waals surface area contributed by atoms with Crippen molar-refractivity contribution in [2.45, 2.75) is 44.8 Å². The normalized spacial score (nSPS) is 14.4. The minimum absolute atomic E-state index is 0.182. The number of carbonyl (C=O) groups excluding carboxylic acids is 1. The minimum atomic E-state index is -0.182. The minimum Gasteiger partial charge on any atom is -0.333 e. The first kappa shape index (κ1) is 17.7. The molecule has 0 saturated heterocycles. The van der Waals surface area contributed by atoms with Crippen LogP contribution in [0.4, 0.5) is 4.79 Å². The van der Waals surface area contributed by atoms with Gasteiger partial charge in [0, 0.05) is 11.1 Å². The van der Waals surface area contributed by atoms with E-state index < -0.39 is 0 Å². The highest BCUT2D eigenvalue weighted by Crippen LogP contribution is 2.33. The first-order valence-electron chi connectivity index (χ1n) is 9.33. The molecule has 4 rings (SSSR count). The maximum atomic E-state index is 12.1. The van der Waals surface area contributed by atoms with E-state index in [1.165, 1.54) is 12.8 Å². The number of amides is 2. The third kappa shape index (κ3) is 4.36. The Bertz CT molecular complexity index is 869. The van der Waals surface area contributed by atoms with Gasteiger partial charge in [0.1, 0.15) is 0 Å². The van der Waals surface area contributed by atoms with Gasteiger partial charge < -0.3 is 10.6 Å². The highest BCUT2D eigenvalue weighted by molar-refractivity contribution is 7.09. The lowest BCUT2D eigenvalue weighted by Crippen LogP contribution is -2.34. The van der Waals surface area contributed by atoms with Gasteiger partial charge in [0.25, 0.3) is 0 Å². The Labute approximate surface area is 162 Å². The van der Waals surface area contributed by atoms with E-state index in [9.17, 15) is 4.79 Å². The maximum Gasteiger partial charge on any atom is 0.315 e. The van der Waals surface area contributed by atoms with Crippen LogP contribution in [0.15, 0.2) is 48.0 Å². The number of thiophene rings is 1.